The quantitative estimate of drug-likeness (QED) is 0.595. The van der Waals surface area contributed by atoms with Gasteiger partial charge in [-0.2, -0.15) is 4.98 Å². The summed E-state index contributed by atoms with van der Waals surface area (Å²) in [5, 5.41) is 0.578. The van der Waals surface area contributed by atoms with Gasteiger partial charge in [0.15, 0.2) is 10.3 Å². The standard InChI is InChI=1S/C10H18Cl2N2O2Si/c1-15-10-13-8(11)9(12)14(10)7-16-5-6-17(2,3)4/h5-7H2,1-4H3. The van der Waals surface area contributed by atoms with Crippen LogP contribution in [0.5, 0.6) is 6.01 Å². The van der Waals surface area contributed by atoms with Crippen molar-refractivity contribution in [2.75, 3.05) is 13.7 Å². The molecule has 1 aromatic heterocycles. The van der Waals surface area contributed by atoms with Crippen LogP contribution >= 0.6 is 23.2 Å². The van der Waals surface area contributed by atoms with E-state index >= 15 is 0 Å². The summed E-state index contributed by atoms with van der Waals surface area (Å²) in [4.78, 5) is 3.96. The van der Waals surface area contributed by atoms with Gasteiger partial charge in [-0.3, -0.25) is 4.57 Å². The third kappa shape index (κ3) is 4.50. The van der Waals surface area contributed by atoms with Gasteiger partial charge < -0.3 is 9.47 Å². The first-order valence-electron chi connectivity index (χ1n) is 5.38. The Bertz CT molecular complexity index is 377. The van der Waals surface area contributed by atoms with Crippen LogP contribution in [-0.2, 0) is 11.5 Å². The monoisotopic (exact) mass is 296 g/mol. The number of rotatable bonds is 6. The highest BCUT2D eigenvalue weighted by Gasteiger charge is 2.16. The maximum Gasteiger partial charge on any atom is 0.300 e. The molecule has 7 heteroatoms. The first-order valence-corrected chi connectivity index (χ1v) is 9.84. The molecule has 4 nitrogen and oxygen atoms in total. The van der Waals surface area contributed by atoms with E-state index in [0.29, 0.717) is 24.5 Å². The van der Waals surface area contributed by atoms with Gasteiger partial charge in [0.1, 0.15) is 6.73 Å². The van der Waals surface area contributed by atoms with Crippen molar-refractivity contribution in [2.24, 2.45) is 0 Å². The number of ether oxygens (including phenoxy) is 2. The molecule has 0 saturated carbocycles. The van der Waals surface area contributed by atoms with E-state index in [4.69, 9.17) is 32.7 Å². The average molecular weight is 297 g/mol. The normalized spacial score (nSPS) is 11.9. The van der Waals surface area contributed by atoms with Gasteiger partial charge in [0.05, 0.1) is 7.11 Å². The van der Waals surface area contributed by atoms with Gasteiger partial charge in [-0.05, 0) is 6.04 Å². The summed E-state index contributed by atoms with van der Waals surface area (Å²) < 4.78 is 12.2. The molecule has 0 aliphatic heterocycles. The smallest absolute Gasteiger partial charge is 0.300 e. The van der Waals surface area contributed by atoms with Crippen LogP contribution in [0.4, 0.5) is 0 Å². The molecular weight excluding hydrogens is 279 g/mol. The van der Waals surface area contributed by atoms with Gasteiger partial charge in [-0.25, -0.2) is 0 Å². The first kappa shape index (κ1) is 14.8. The lowest BCUT2D eigenvalue weighted by atomic mass is 10.8. The van der Waals surface area contributed by atoms with Gasteiger partial charge in [0.2, 0.25) is 0 Å². The molecule has 0 bridgehead atoms. The second-order valence-electron chi connectivity index (χ2n) is 4.96. The number of hydrogen-bond donors (Lipinski definition) is 0. The summed E-state index contributed by atoms with van der Waals surface area (Å²) >= 11 is 11.8. The van der Waals surface area contributed by atoms with E-state index in [1.807, 2.05) is 0 Å². The van der Waals surface area contributed by atoms with E-state index in [9.17, 15) is 0 Å². The van der Waals surface area contributed by atoms with Crippen LogP contribution in [0.2, 0.25) is 36.0 Å². The predicted molar refractivity (Wildman–Crippen MR) is 72.9 cm³/mol. The minimum atomic E-state index is -1.07. The van der Waals surface area contributed by atoms with Gasteiger partial charge in [-0.15, -0.1) is 0 Å². The largest absolute Gasteiger partial charge is 0.468 e. The molecule has 1 aromatic rings. The number of halogens is 2. The zero-order valence-corrected chi connectivity index (χ0v) is 13.1. The zero-order valence-electron chi connectivity index (χ0n) is 10.6. The maximum atomic E-state index is 5.98. The fourth-order valence-corrected chi connectivity index (χ4v) is 2.28. The van der Waals surface area contributed by atoms with Gasteiger partial charge in [0, 0.05) is 14.7 Å². The lowest BCUT2D eigenvalue weighted by Gasteiger charge is -2.16. The molecule has 17 heavy (non-hydrogen) atoms. The van der Waals surface area contributed by atoms with Crippen LogP contribution in [0.3, 0.4) is 0 Å². The Morgan fingerprint density at radius 2 is 1.94 bits per heavy atom. The lowest BCUT2D eigenvalue weighted by molar-refractivity contribution is 0.0811. The Morgan fingerprint density at radius 1 is 1.29 bits per heavy atom. The minimum Gasteiger partial charge on any atom is -0.468 e. The van der Waals surface area contributed by atoms with Crippen LogP contribution in [0.1, 0.15) is 0 Å². The van der Waals surface area contributed by atoms with Crippen molar-refractivity contribution in [1.29, 1.82) is 0 Å². The average Bonchev–Trinajstić information content (AvgIpc) is 2.49. The molecule has 0 fully saturated rings. The summed E-state index contributed by atoms with van der Waals surface area (Å²) in [6.45, 7) is 7.94. The highest BCUT2D eigenvalue weighted by Crippen LogP contribution is 2.26. The van der Waals surface area contributed by atoms with Gasteiger partial charge in [-0.1, -0.05) is 42.8 Å². The first-order chi connectivity index (χ1) is 7.85. The Hall–Kier alpha value is -0.233. The van der Waals surface area contributed by atoms with E-state index in [1.54, 1.807) is 4.57 Å². The second-order valence-corrected chi connectivity index (χ2v) is 11.3. The number of hydrogen-bond acceptors (Lipinski definition) is 3. The summed E-state index contributed by atoms with van der Waals surface area (Å²) in [6, 6.07) is 1.48. The SMILES string of the molecule is COc1nc(Cl)c(Cl)n1COCC[Si](C)(C)C. The predicted octanol–water partition coefficient (Wildman–Crippen LogP) is 3.51. The highest BCUT2D eigenvalue weighted by molar-refractivity contribution is 6.76. The van der Waals surface area contributed by atoms with Crippen LogP contribution in [0, 0.1) is 0 Å². The van der Waals surface area contributed by atoms with Crippen molar-refractivity contribution in [3.8, 4) is 6.01 Å². The summed E-state index contributed by atoms with van der Waals surface area (Å²) in [6.07, 6.45) is 0. The van der Waals surface area contributed by atoms with E-state index < -0.39 is 8.07 Å². The molecule has 0 radical (unpaired) electrons. The second kappa shape index (κ2) is 6.09. The lowest BCUT2D eigenvalue weighted by Crippen LogP contribution is -2.22. The van der Waals surface area contributed by atoms with E-state index in [1.165, 1.54) is 7.11 Å². The van der Waals surface area contributed by atoms with Crippen molar-refractivity contribution >= 4 is 31.3 Å². The topological polar surface area (TPSA) is 36.3 Å². The van der Waals surface area contributed by atoms with Crippen molar-refractivity contribution < 1.29 is 9.47 Å². The zero-order chi connectivity index (χ0) is 13.1. The highest BCUT2D eigenvalue weighted by atomic mass is 35.5. The third-order valence-electron chi connectivity index (χ3n) is 2.23. The molecule has 0 aliphatic rings. The summed E-state index contributed by atoms with van der Waals surface area (Å²) in [5.74, 6) is 0. The summed E-state index contributed by atoms with van der Waals surface area (Å²) in [5.41, 5.74) is 0. The van der Waals surface area contributed by atoms with Crippen molar-refractivity contribution in [3.05, 3.63) is 10.3 Å². The number of aromatic nitrogens is 2. The molecule has 0 aromatic carbocycles. The van der Waals surface area contributed by atoms with Crippen LogP contribution < -0.4 is 4.74 Å². The molecule has 0 unspecified atom stereocenters. The third-order valence-corrected chi connectivity index (χ3v) is 4.68. The fraction of sp³-hybridized carbons (Fsp3) is 0.700. The molecule has 0 spiro atoms. The molecule has 0 N–H and O–H groups in total. The maximum absolute atomic E-state index is 5.98. The molecule has 0 atom stereocenters. The molecule has 0 amide bonds. The number of methoxy groups -OCH3 is 1. The molecule has 98 valence electrons. The van der Waals surface area contributed by atoms with Crippen molar-refractivity contribution in [1.82, 2.24) is 9.55 Å². The Kier molecular flexibility index (Phi) is 5.31. The molecule has 1 rings (SSSR count). The molecule has 1 heterocycles. The van der Waals surface area contributed by atoms with Crippen LogP contribution in [0.15, 0.2) is 0 Å². The van der Waals surface area contributed by atoms with Crippen LogP contribution in [-0.4, -0.2) is 31.3 Å². The fourth-order valence-electron chi connectivity index (χ4n) is 1.19. The number of nitrogens with zero attached hydrogens (tertiary/aromatic N) is 2. The summed E-state index contributed by atoms with van der Waals surface area (Å²) in [7, 11) is 0.456. The Morgan fingerprint density at radius 3 is 2.47 bits per heavy atom. The van der Waals surface area contributed by atoms with Crippen molar-refractivity contribution in [2.45, 2.75) is 32.4 Å². The molecule has 0 aliphatic carbocycles. The minimum absolute atomic E-state index is 0.234. The Balaban J connectivity index is 2.52. The number of imidazole rings is 1. The van der Waals surface area contributed by atoms with Crippen molar-refractivity contribution in [3.63, 3.8) is 0 Å². The Labute approximate surface area is 113 Å². The van der Waals surface area contributed by atoms with E-state index in [0.717, 1.165) is 6.04 Å². The van der Waals surface area contributed by atoms with Gasteiger partial charge >= 0.3 is 6.01 Å². The molecule has 0 saturated heterocycles. The van der Waals surface area contributed by atoms with E-state index in [-0.39, 0.29) is 5.15 Å². The van der Waals surface area contributed by atoms with E-state index in [2.05, 4.69) is 24.6 Å². The molecular formula is C10H18Cl2N2O2Si. The van der Waals surface area contributed by atoms with Crippen LogP contribution in [0.25, 0.3) is 0 Å². The van der Waals surface area contributed by atoms with Gasteiger partial charge in [0.25, 0.3) is 0 Å².